The Morgan fingerprint density at radius 1 is 1.12 bits per heavy atom. The van der Waals surface area contributed by atoms with E-state index in [0.29, 0.717) is 36.5 Å². The summed E-state index contributed by atoms with van der Waals surface area (Å²) in [4.78, 5) is 11.7. The highest BCUT2D eigenvalue weighted by atomic mass is 32.3. The summed E-state index contributed by atoms with van der Waals surface area (Å²) >= 11 is 0. The van der Waals surface area contributed by atoms with Gasteiger partial charge in [-0.1, -0.05) is 12.5 Å². The molecule has 0 heterocycles. The van der Waals surface area contributed by atoms with Gasteiger partial charge in [-0.25, -0.2) is 4.18 Å². The van der Waals surface area contributed by atoms with Crippen LogP contribution in [0.2, 0.25) is 0 Å². The van der Waals surface area contributed by atoms with Crippen molar-refractivity contribution in [3.63, 3.8) is 0 Å². The van der Waals surface area contributed by atoms with Crippen LogP contribution in [0.4, 0.5) is 0 Å². The molecule has 6 atom stereocenters. The van der Waals surface area contributed by atoms with Crippen molar-refractivity contribution >= 4 is 16.2 Å². The molecule has 0 aromatic heterocycles. The third-order valence-electron chi connectivity index (χ3n) is 7.45. The molecule has 0 amide bonds. The van der Waals surface area contributed by atoms with Gasteiger partial charge in [-0.05, 0) is 80.1 Å². The predicted molar refractivity (Wildman–Crippen MR) is 88.5 cm³/mol. The molecule has 3 saturated carbocycles. The molecule has 0 spiro atoms. The maximum atomic E-state index is 11.7. The second-order valence-electron chi connectivity index (χ2n) is 8.44. The zero-order chi connectivity index (χ0) is 17.1. The van der Waals surface area contributed by atoms with Gasteiger partial charge < -0.3 is 0 Å². The molecular formula is C18H26O5S. The van der Waals surface area contributed by atoms with Gasteiger partial charge >= 0.3 is 10.4 Å². The van der Waals surface area contributed by atoms with E-state index in [-0.39, 0.29) is 11.2 Å². The number of allylic oxidation sites excluding steroid dienone is 1. The first-order valence-corrected chi connectivity index (χ1v) is 10.5. The first kappa shape index (κ1) is 16.7. The van der Waals surface area contributed by atoms with Crippen LogP contribution >= 0.6 is 0 Å². The number of fused-ring (bicyclic) bond motifs is 5. The third kappa shape index (κ3) is 2.67. The Morgan fingerprint density at radius 3 is 2.67 bits per heavy atom. The molecule has 1 N–H and O–H groups in total. The summed E-state index contributed by atoms with van der Waals surface area (Å²) in [6.45, 7) is 2.15. The zero-order valence-corrected chi connectivity index (χ0v) is 14.9. The van der Waals surface area contributed by atoms with Crippen molar-refractivity contribution in [2.24, 2.45) is 29.1 Å². The summed E-state index contributed by atoms with van der Waals surface area (Å²) in [5.74, 6) is 2.51. The molecule has 3 fully saturated rings. The summed E-state index contributed by atoms with van der Waals surface area (Å²) in [7, 11) is -4.40. The molecule has 0 aliphatic heterocycles. The van der Waals surface area contributed by atoms with E-state index in [1.807, 2.05) is 6.08 Å². The first-order chi connectivity index (χ1) is 11.3. The highest BCUT2D eigenvalue weighted by Gasteiger charge is 2.57. The number of carbonyl (C=O) groups is 1. The molecule has 0 bridgehead atoms. The lowest BCUT2D eigenvalue weighted by atomic mass is 9.52. The van der Waals surface area contributed by atoms with Crippen LogP contribution in [0.15, 0.2) is 11.6 Å². The smallest absolute Gasteiger partial charge is 0.295 e. The van der Waals surface area contributed by atoms with Gasteiger partial charge in [0.05, 0.1) is 6.10 Å². The third-order valence-corrected chi connectivity index (χ3v) is 7.93. The molecule has 4 rings (SSSR count). The Morgan fingerprint density at radius 2 is 1.92 bits per heavy atom. The van der Waals surface area contributed by atoms with E-state index in [4.69, 9.17) is 8.74 Å². The first-order valence-electron chi connectivity index (χ1n) is 9.17. The maximum absolute atomic E-state index is 11.7. The van der Waals surface area contributed by atoms with Crippen molar-refractivity contribution in [2.75, 3.05) is 0 Å². The summed E-state index contributed by atoms with van der Waals surface area (Å²) < 4.78 is 36.5. The van der Waals surface area contributed by atoms with Crippen molar-refractivity contribution < 1.29 is 21.9 Å². The number of hydrogen-bond donors (Lipinski definition) is 1. The van der Waals surface area contributed by atoms with Gasteiger partial charge in [-0.3, -0.25) is 9.35 Å². The lowest BCUT2D eigenvalue weighted by molar-refractivity contribution is -0.116. The molecule has 0 saturated heterocycles. The standard InChI is InChI=1S/C18H26O5S/c1-18-9-8-14-13-5-3-12(19)10-11(13)2-4-15(14)16(18)6-7-17(18)23-24(20,21)22/h10,13-17H,2-9H2,1H3,(H,20,21,22)/t13-,14+,15+,16-,17?,18-/m0/s1. The summed E-state index contributed by atoms with van der Waals surface area (Å²) in [5.41, 5.74) is 1.20. The van der Waals surface area contributed by atoms with Gasteiger partial charge in [0.2, 0.25) is 0 Å². The summed E-state index contributed by atoms with van der Waals surface area (Å²) in [6, 6.07) is 0. The van der Waals surface area contributed by atoms with E-state index >= 15 is 0 Å². The van der Waals surface area contributed by atoms with Gasteiger partial charge in [0.15, 0.2) is 5.78 Å². The highest BCUT2D eigenvalue weighted by Crippen LogP contribution is 2.62. The Kier molecular flexibility index (Phi) is 3.93. The minimum absolute atomic E-state index is 0.164. The molecule has 24 heavy (non-hydrogen) atoms. The average molecular weight is 354 g/mol. The largest absolute Gasteiger partial charge is 0.397 e. The van der Waals surface area contributed by atoms with Crippen molar-refractivity contribution in [3.05, 3.63) is 11.6 Å². The maximum Gasteiger partial charge on any atom is 0.397 e. The molecule has 134 valence electrons. The fourth-order valence-corrected chi connectivity index (χ4v) is 7.05. The second kappa shape index (κ2) is 5.64. The predicted octanol–water partition coefficient (Wildman–Crippen LogP) is 3.32. The monoisotopic (exact) mass is 354 g/mol. The van der Waals surface area contributed by atoms with Crippen molar-refractivity contribution in [1.82, 2.24) is 0 Å². The van der Waals surface area contributed by atoms with Gasteiger partial charge in [0, 0.05) is 6.42 Å². The Balaban J connectivity index is 1.58. The van der Waals surface area contributed by atoms with Crippen LogP contribution in [-0.4, -0.2) is 24.9 Å². The Bertz CT molecular complexity index is 682. The molecule has 0 aromatic carbocycles. The molecular weight excluding hydrogens is 328 g/mol. The van der Waals surface area contributed by atoms with E-state index in [0.717, 1.165) is 38.5 Å². The van der Waals surface area contributed by atoms with Crippen molar-refractivity contribution in [3.8, 4) is 0 Å². The quantitative estimate of drug-likeness (QED) is 0.770. The van der Waals surface area contributed by atoms with Crippen LogP contribution in [0.3, 0.4) is 0 Å². The molecule has 4 aliphatic rings. The highest BCUT2D eigenvalue weighted by molar-refractivity contribution is 7.80. The summed E-state index contributed by atoms with van der Waals surface area (Å²) in [5, 5.41) is 0. The van der Waals surface area contributed by atoms with Crippen LogP contribution < -0.4 is 0 Å². The minimum atomic E-state index is -4.40. The fraction of sp³-hybridized carbons (Fsp3) is 0.833. The van der Waals surface area contributed by atoms with Gasteiger partial charge in [-0.2, -0.15) is 8.42 Å². The molecule has 6 heteroatoms. The van der Waals surface area contributed by atoms with Crippen molar-refractivity contribution in [1.29, 1.82) is 0 Å². The van der Waals surface area contributed by atoms with Gasteiger partial charge in [0.1, 0.15) is 0 Å². The Hall–Kier alpha value is -0.720. The molecule has 0 aromatic rings. The van der Waals surface area contributed by atoms with Crippen LogP contribution in [0, 0.1) is 29.1 Å². The number of hydrogen-bond acceptors (Lipinski definition) is 4. The summed E-state index contributed by atoms with van der Waals surface area (Å²) in [6.07, 6.45) is 8.95. The number of rotatable bonds is 2. The molecule has 5 nitrogen and oxygen atoms in total. The molecule has 1 unspecified atom stereocenters. The van der Waals surface area contributed by atoms with Crippen LogP contribution in [0.25, 0.3) is 0 Å². The van der Waals surface area contributed by atoms with Gasteiger partial charge in [0.25, 0.3) is 0 Å². The van der Waals surface area contributed by atoms with Gasteiger partial charge in [-0.15, -0.1) is 0 Å². The van der Waals surface area contributed by atoms with E-state index < -0.39 is 16.5 Å². The normalized spacial score (nSPS) is 45.2. The lowest BCUT2D eigenvalue weighted by Crippen LogP contribution is -2.48. The second-order valence-corrected chi connectivity index (χ2v) is 9.49. The topological polar surface area (TPSA) is 80.7 Å². The molecule has 0 radical (unpaired) electrons. The molecule has 4 aliphatic carbocycles. The lowest BCUT2D eigenvalue weighted by Gasteiger charge is -2.53. The van der Waals surface area contributed by atoms with E-state index in [2.05, 4.69) is 6.92 Å². The van der Waals surface area contributed by atoms with Crippen molar-refractivity contribution in [2.45, 2.75) is 64.4 Å². The number of carbonyl (C=O) groups excluding carboxylic acids is 1. The van der Waals surface area contributed by atoms with Crippen LogP contribution in [0.1, 0.15) is 58.3 Å². The zero-order valence-electron chi connectivity index (χ0n) is 14.1. The van der Waals surface area contributed by atoms with E-state index in [1.54, 1.807) is 0 Å². The van der Waals surface area contributed by atoms with E-state index in [9.17, 15) is 13.2 Å². The average Bonchev–Trinajstić information content (AvgIpc) is 2.82. The Labute approximate surface area is 143 Å². The van der Waals surface area contributed by atoms with E-state index in [1.165, 1.54) is 5.57 Å². The SMILES string of the molecule is C[C@]12CC[C@H]3[C@@H](CCC4=CC(=O)CC[C@@H]43)[C@@H]1CCC2OS(=O)(=O)O. The van der Waals surface area contributed by atoms with Crippen LogP contribution in [-0.2, 0) is 19.4 Å². The number of ketones is 1. The van der Waals surface area contributed by atoms with Crippen LogP contribution in [0.5, 0.6) is 0 Å². The fourth-order valence-electron chi connectivity index (χ4n) is 6.44. The minimum Gasteiger partial charge on any atom is -0.295 e.